The van der Waals surface area contributed by atoms with Crippen LogP contribution in [0.15, 0.2) is 24.8 Å². The van der Waals surface area contributed by atoms with Crippen LogP contribution >= 0.6 is 0 Å². The van der Waals surface area contributed by atoms with E-state index in [0.717, 1.165) is 6.42 Å². The summed E-state index contributed by atoms with van der Waals surface area (Å²) in [6.07, 6.45) is 6.78. The zero-order chi connectivity index (χ0) is 21.1. The van der Waals surface area contributed by atoms with Gasteiger partial charge in [-0.15, -0.1) is 6.58 Å². The van der Waals surface area contributed by atoms with Gasteiger partial charge in [0, 0.05) is 25.7 Å². The van der Waals surface area contributed by atoms with E-state index in [1.807, 2.05) is 6.92 Å². The first-order valence-electron chi connectivity index (χ1n) is 9.69. The van der Waals surface area contributed by atoms with Crippen molar-refractivity contribution in [3.8, 4) is 0 Å². The Hall–Kier alpha value is -0.953. The van der Waals surface area contributed by atoms with Crippen LogP contribution in [0.2, 0.25) is 18.1 Å². The summed E-state index contributed by atoms with van der Waals surface area (Å²) in [5.74, 6) is -0.347. The van der Waals surface area contributed by atoms with Crippen molar-refractivity contribution in [2.24, 2.45) is 0 Å². The van der Waals surface area contributed by atoms with Crippen LogP contribution in [0.1, 0.15) is 53.9 Å². The molecule has 0 aliphatic rings. The molecule has 0 spiro atoms. The molecule has 0 fully saturated rings. The van der Waals surface area contributed by atoms with E-state index in [2.05, 4.69) is 47.4 Å². The van der Waals surface area contributed by atoms with Gasteiger partial charge in [0.05, 0.1) is 6.10 Å². The van der Waals surface area contributed by atoms with E-state index in [-0.39, 0.29) is 36.1 Å². The largest absolute Gasteiger partial charge is 0.459 e. The first-order valence-corrected chi connectivity index (χ1v) is 12.6. The number of esters is 1. The molecule has 0 saturated heterocycles. The molecule has 0 radical (unpaired) electrons. The van der Waals surface area contributed by atoms with Crippen LogP contribution in [0, 0.1) is 0 Å². The van der Waals surface area contributed by atoms with E-state index in [1.54, 1.807) is 19.3 Å². The van der Waals surface area contributed by atoms with Crippen LogP contribution in [0.3, 0.4) is 0 Å². The Labute approximate surface area is 167 Å². The maximum absolute atomic E-state index is 11.8. The van der Waals surface area contributed by atoms with E-state index < -0.39 is 8.32 Å². The lowest BCUT2D eigenvalue weighted by molar-refractivity contribution is -0.141. The lowest BCUT2D eigenvalue weighted by Crippen LogP contribution is -2.44. The van der Waals surface area contributed by atoms with Gasteiger partial charge < -0.3 is 18.6 Å². The Morgan fingerprint density at radius 2 is 1.78 bits per heavy atom. The van der Waals surface area contributed by atoms with Gasteiger partial charge in [-0.1, -0.05) is 32.9 Å². The number of hydrogen-bond donors (Lipinski definition) is 0. The number of carbonyl (C=O) groups excluding carboxylic acids is 1. The fourth-order valence-corrected chi connectivity index (χ4v) is 3.79. The van der Waals surface area contributed by atoms with E-state index in [9.17, 15) is 4.79 Å². The summed E-state index contributed by atoms with van der Waals surface area (Å²) in [4.78, 5) is 11.8. The topological polar surface area (TPSA) is 54.0 Å². The molecule has 0 aromatic rings. The summed E-state index contributed by atoms with van der Waals surface area (Å²) in [6, 6.07) is 0. The quantitative estimate of drug-likeness (QED) is 0.139. The molecule has 3 atom stereocenters. The van der Waals surface area contributed by atoms with Gasteiger partial charge in [-0.25, -0.2) is 4.79 Å². The molecule has 6 heteroatoms. The molecule has 5 nitrogen and oxygen atoms in total. The summed E-state index contributed by atoms with van der Waals surface area (Å²) >= 11 is 0. The van der Waals surface area contributed by atoms with Crippen LogP contribution in [0.25, 0.3) is 0 Å². The van der Waals surface area contributed by atoms with Crippen LogP contribution < -0.4 is 0 Å². The maximum atomic E-state index is 11.8. The van der Waals surface area contributed by atoms with Gasteiger partial charge in [0.25, 0.3) is 0 Å². The average Bonchev–Trinajstić information content (AvgIpc) is 2.50. The molecule has 0 N–H and O–H groups in total. The molecule has 0 amide bonds. The van der Waals surface area contributed by atoms with Crippen molar-refractivity contribution in [2.75, 3.05) is 13.9 Å². The molecule has 0 saturated carbocycles. The molecule has 0 aliphatic carbocycles. The predicted octanol–water partition coefficient (Wildman–Crippen LogP) is 5.23. The molecule has 0 aromatic heterocycles. The van der Waals surface area contributed by atoms with Gasteiger partial charge in [-0.2, -0.15) is 0 Å². The minimum Gasteiger partial charge on any atom is -0.459 e. The summed E-state index contributed by atoms with van der Waals surface area (Å²) in [5, 5.41) is 0.163. The second-order valence-corrected chi connectivity index (χ2v) is 13.3. The van der Waals surface area contributed by atoms with Crippen LogP contribution in [0.4, 0.5) is 0 Å². The molecule has 0 rings (SSSR count). The van der Waals surface area contributed by atoms with E-state index in [0.29, 0.717) is 12.8 Å². The highest BCUT2D eigenvalue weighted by atomic mass is 28.4. The Balaban J connectivity index is 4.68. The zero-order valence-corrected chi connectivity index (χ0v) is 19.5. The summed E-state index contributed by atoms with van der Waals surface area (Å²) < 4.78 is 22.5. The molecular formula is C21H40O5Si. The van der Waals surface area contributed by atoms with Gasteiger partial charge in [0.1, 0.15) is 12.9 Å². The fraction of sp³-hybridized carbons (Fsp3) is 0.762. The van der Waals surface area contributed by atoms with E-state index in [4.69, 9.17) is 18.6 Å². The monoisotopic (exact) mass is 400 g/mol. The van der Waals surface area contributed by atoms with E-state index >= 15 is 0 Å². The summed E-state index contributed by atoms with van der Waals surface area (Å²) in [7, 11) is -0.231. The van der Waals surface area contributed by atoms with Gasteiger partial charge in [0.15, 0.2) is 8.32 Å². The third kappa shape index (κ3) is 11.5. The number of ether oxygens (including phenoxy) is 3. The molecule has 158 valence electrons. The highest BCUT2D eigenvalue weighted by Gasteiger charge is 2.38. The second-order valence-electron chi connectivity index (χ2n) is 8.53. The summed E-state index contributed by atoms with van der Waals surface area (Å²) in [5.41, 5.74) is 0. The third-order valence-corrected chi connectivity index (χ3v) is 9.39. The van der Waals surface area contributed by atoms with Crippen molar-refractivity contribution in [3.63, 3.8) is 0 Å². The maximum Gasteiger partial charge on any atom is 0.330 e. The molecule has 0 unspecified atom stereocenters. The van der Waals surface area contributed by atoms with Crippen molar-refractivity contribution in [1.82, 2.24) is 0 Å². The smallest absolute Gasteiger partial charge is 0.330 e. The average molecular weight is 401 g/mol. The Morgan fingerprint density at radius 1 is 1.15 bits per heavy atom. The van der Waals surface area contributed by atoms with Gasteiger partial charge in [-0.3, -0.25) is 0 Å². The molecule has 0 bridgehead atoms. The first-order chi connectivity index (χ1) is 12.4. The van der Waals surface area contributed by atoms with Gasteiger partial charge in [0.2, 0.25) is 0 Å². The van der Waals surface area contributed by atoms with Crippen molar-refractivity contribution < 1.29 is 23.4 Å². The van der Waals surface area contributed by atoms with Crippen molar-refractivity contribution in [3.05, 3.63) is 24.8 Å². The van der Waals surface area contributed by atoms with Crippen LogP contribution in [-0.2, 0) is 23.4 Å². The predicted molar refractivity (Wildman–Crippen MR) is 113 cm³/mol. The van der Waals surface area contributed by atoms with Gasteiger partial charge >= 0.3 is 5.97 Å². The molecule has 0 aromatic carbocycles. The third-order valence-electron chi connectivity index (χ3n) is 4.79. The highest BCUT2D eigenvalue weighted by molar-refractivity contribution is 6.74. The van der Waals surface area contributed by atoms with Crippen molar-refractivity contribution >= 4 is 14.3 Å². The van der Waals surface area contributed by atoms with Crippen molar-refractivity contribution in [1.29, 1.82) is 0 Å². The highest BCUT2D eigenvalue weighted by Crippen LogP contribution is 2.37. The fourth-order valence-electron chi connectivity index (χ4n) is 2.33. The number of methoxy groups -OCH3 is 1. The SMILES string of the molecule is C=CC[C@@H](C)OC(=O)/C=C/C[C@@H](C[C@@H](C)O[Si](C)(C)C(C)(C)C)OCOC. The number of hydrogen-bond acceptors (Lipinski definition) is 5. The minimum absolute atomic E-state index is 0.0701. The molecule has 0 aliphatic heterocycles. The van der Waals surface area contributed by atoms with Crippen LogP contribution in [0.5, 0.6) is 0 Å². The molecular weight excluding hydrogens is 360 g/mol. The number of carbonyl (C=O) groups is 1. The Kier molecular flexibility index (Phi) is 12.1. The first kappa shape index (κ1) is 26.0. The second kappa shape index (κ2) is 12.5. The summed E-state index contributed by atoms with van der Waals surface area (Å²) in [6.45, 7) is 19.0. The lowest BCUT2D eigenvalue weighted by Gasteiger charge is -2.39. The Morgan fingerprint density at radius 3 is 2.30 bits per heavy atom. The van der Waals surface area contributed by atoms with Gasteiger partial charge in [-0.05, 0) is 44.8 Å². The van der Waals surface area contributed by atoms with Crippen molar-refractivity contribution in [2.45, 2.75) is 90.3 Å². The number of rotatable bonds is 13. The molecule has 0 heterocycles. The molecule has 27 heavy (non-hydrogen) atoms. The lowest BCUT2D eigenvalue weighted by atomic mass is 10.1. The van der Waals surface area contributed by atoms with E-state index in [1.165, 1.54) is 6.08 Å². The Bertz CT molecular complexity index is 468. The standard InChI is InChI=1S/C21H40O5Si/c1-10-12-17(2)25-20(22)14-11-13-19(24-16-23-7)15-18(3)26-27(8,9)21(4,5)6/h10-11,14,17-19H,1,12-13,15-16H2,2-9H3/b14-11+/t17-,18-,19+/m1/s1. The zero-order valence-electron chi connectivity index (χ0n) is 18.5. The minimum atomic E-state index is -1.83. The normalized spacial score (nSPS) is 16.1. The van der Waals surface area contributed by atoms with Crippen LogP contribution in [-0.4, -0.2) is 46.5 Å².